The molecule has 5 nitrogen and oxygen atoms in total. The summed E-state index contributed by atoms with van der Waals surface area (Å²) in [6.45, 7) is 2.65. The summed E-state index contributed by atoms with van der Waals surface area (Å²) >= 11 is 0. The van der Waals surface area contributed by atoms with Crippen molar-refractivity contribution in [2.75, 3.05) is 33.7 Å². The van der Waals surface area contributed by atoms with Gasteiger partial charge in [0.2, 0.25) is 11.8 Å². The fourth-order valence-electron chi connectivity index (χ4n) is 4.44. The van der Waals surface area contributed by atoms with Gasteiger partial charge in [0.05, 0.1) is 6.04 Å². The standard InChI is InChI=1S/C17H29N3O2/c1-18-11-5-3-4-6-14(18)16(22)20-12-9-17(10-13-20)8-7-15(21)19(17)2/h14H,3-13H2,1-2H3. The molecule has 0 aliphatic carbocycles. The quantitative estimate of drug-likeness (QED) is 0.737. The molecule has 3 saturated heterocycles. The second-order valence-electron chi connectivity index (χ2n) is 7.35. The molecule has 2 amide bonds. The number of hydrogen-bond donors (Lipinski definition) is 0. The number of nitrogens with zero attached hydrogens (tertiary/aromatic N) is 3. The van der Waals surface area contributed by atoms with Gasteiger partial charge in [-0.3, -0.25) is 14.5 Å². The van der Waals surface area contributed by atoms with Crippen molar-refractivity contribution in [2.45, 2.75) is 62.9 Å². The van der Waals surface area contributed by atoms with Crippen LogP contribution in [0.25, 0.3) is 0 Å². The molecular formula is C17H29N3O2. The van der Waals surface area contributed by atoms with Crippen molar-refractivity contribution in [3.8, 4) is 0 Å². The van der Waals surface area contributed by atoms with Crippen LogP contribution in [-0.4, -0.2) is 71.8 Å². The average Bonchev–Trinajstić information content (AvgIpc) is 2.71. The molecule has 3 fully saturated rings. The number of amides is 2. The van der Waals surface area contributed by atoms with Gasteiger partial charge in [-0.05, 0) is 45.7 Å². The van der Waals surface area contributed by atoms with Gasteiger partial charge in [0.15, 0.2) is 0 Å². The lowest BCUT2D eigenvalue weighted by atomic mass is 9.85. The highest BCUT2D eigenvalue weighted by Gasteiger charge is 2.46. The maximum absolute atomic E-state index is 12.9. The summed E-state index contributed by atoms with van der Waals surface area (Å²) in [5, 5.41) is 0. The first kappa shape index (κ1) is 15.8. The zero-order chi connectivity index (χ0) is 15.7. The Morgan fingerprint density at radius 1 is 1.05 bits per heavy atom. The van der Waals surface area contributed by atoms with E-state index in [0.717, 1.165) is 51.7 Å². The van der Waals surface area contributed by atoms with E-state index in [-0.39, 0.29) is 17.5 Å². The van der Waals surface area contributed by atoms with Crippen LogP contribution < -0.4 is 0 Å². The number of carbonyl (C=O) groups excluding carboxylic acids is 2. The minimum Gasteiger partial charge on any atom is -0.341 e. The second kappa shape index (κ2) is 6.19. The summed E-state index contributed by atoms with van der Waals surface area (Å²) in [5.74, 6) is 0.578. The van der Waals surface area contributed by atoms with Crippen LogP contribution in [0.5, 0.6) is 0 Å². The van der Waals surface area contributed by atoms with Crippen molar-refractivity contribution < 1.29 is 9.59 Å². The topological polar surface area (TPSA) is 43.9 Å². The van der Waals surface area contributed by atoms with Gasteiger partial charge in [-0.15, -0.1) is 0 Å². The van der Waals surface area contributed by atoms with Crippen LogP contribution in [0.3, 0.4) is 0 Å². The van der Waals surface area contributed by atoms with Crippen molar-refractivity contribution in [1.29, 1.82) is 0 Å². The van der Waals surface area contributed by atoms with Crippen molar-refractivity contribution in [3.63, 3.8) is 0 Å². The molecule has 1 unspecified atom stereocenters. The second-order valence-corrected chi connectivity index (χ2v) is 7.35. The lowest BCUT2D eigenvalue weighted by Gasteiger charge is -2.44. The Morgan fingerprint density at radius 3 is 2.41 bits per heavy atom. The van der Waals surface area contributed by atoms with Crippen LogP contribution >= 0.6 is 0 Å². The molecule has 0 radical (unpaired) electrons. The predicted octanol–water partition coefficient (Wildman–Crippen LogP) is 1.47. The van der Waals surface area contributed by atoms with E-state index in [1.54, 1.807) is 0 Å². The van der Waals surface area contributed by atoms with E-state index in [1.807, 2.05) is 16.8 Å². The Labute approximate surface area is 133 Å². The Kier molecular flexibility index (Phi) is 4.44. The number of likely N-dealkylation sites (tertiary alicyclic amines) is 3. The third-order valence-corrected chi connectivity index (χ3v) is 6.20. The molecule has 3 aliphatic heterocycles. The minimum atomic E-state index is 0.0310. The van der Waals surface area contributed by atoms with Crippen molar-refractivity contribution in [1.82, 2.24) is 14.7 Å². The largest absolute Gasteiger partial charge is 0.341 e. The summed E-state index contributed by atoms with van der Waals surface area (Å²) in [7, 11) is 4.02. The van der Waals surface area contributed by atoms with Crippen molar-refractivity contribution in [3.05, 3.63) is 0 Å². The van der Waals surface area contributed by atoms with Crippen LogP contribution in [0.15, 0.2) is 0 Å². The molecule has 3 rings (SSSR count). The van der Waals surface area contributed by atoms with Crippen LogP contribution in [0.1, 0.15) is 51.4 Å². The number of hydrogen-bond acceptors (Lipinski definition) is 3. The van der Waals surface area contributed by atoms with E-state index in [9.17, 15) is 9.59 Å². The van der Waals surface area contributed by atoms with Gasteiger partial charge < -0.3 is 9.80 Å². The van der Waals surface area contributed by atoms with E-state index in [0.29, 0.717) is 12.3 Å². The highest BCUT2D eigenvalue weighted by molar-refractivity contribution is 5.82. The van der Waals surface area contributed by atoms with E-state index < -0.39 is 0 Å². The first-order valence-electron chi connectivity index (χ1n) is 8.79. The van der Waals surface area contributed by atoms with Gasteiger partial charge in [-0.2, -0.15) is 0 Å². The number of piperidine rings is 1. The smallest absolute Gasteiger partial charge is 0.239 e. The maximum atomic E-state index is 12.9. The lowest BCUT2D eigenvalue weighted by Crippen LogP contribution is -2.55. The summed E-state index contributed by atoms with van der Waals surface area (Å²) in [6.07, 6.45) is 8.13. The Bertz CT molecular complexity index is 443. The van der Waals surface area contributed by atoms with Gasteiger partial charge in [0.1, 0.15) is 0 Å². The SMILES string of the molecule is CN1CCCCCC1C(=O)N1CCC2(CCC(=O)N2C)CC1. The molecule has 0 aromatic heterocycles. The average molecular weight is 307 g/mol. The maximum Gasteiger partial charge on any atom is 0.239 e. The van der Waals surface area contributed by atoms with E-state index in [4.69, 9.17) is 0 Å². The van der Waals surface area contributed by atoms with E-state index >= 15 is 0 Å². The third-order valence-electron chi connectivity index (χ3n) is 6.20. The molecule has 3 aliphatic rings. The van der Waals surface area contributed by atoms with Crippen LogP contribution in [-0.2, 0) is 9.59 Å². The molecule has 1 atom stereocenters. The highest BCUT2D eigenvalue weighted by Crippen LogP contribution is 2.38. The fraction of sp³-hybridized carbons (Fsp3) is 0.882. The van der Waals surface area contributed by atoms with Gasteiger partial charge >= 0.3 is 0 Å². The highest BCUT2D eigenvalue weighted by atomic mass is 16.2. The lowest BCUT2D eigenvalue weighted by molar-refractivity contribution is -0.140. The number of carbonyl (C=O) groups is 2. The monoisotopic (exact) mass is 307 g/mol. The van der Waals surface area contributed by atoms with Gasteiger partial charge in [-0.1, -0.05) is 12.8 Å². The number of likely N-dealkylation sites (N-methyl/N-ethyl adjacent to an activating group) is 1. The van der Waals surface area contributed by atoms with Gasteiger partial charge in [0.25, 0.3) is 0 Å². The number of rotatable bonds is 1. The molecule has 3 heterocycles. The van der Waals surface area contributed by atoms with Crippen molar-refractivity contribution >= 4 is 11.8 Å². The Hall–Kier alpha value is -1.10. The molecule has 0 saturated carbocycles. The summed E-state index contributed by atoms with van der Waals surface area (Å²) in [4.78, 5) is 30.9. The minimum absolute atomic E-state index is 0.0310. The molecule has 124 valence electrons. The predicted molar refractivity (Wildman–Crippen MR) is 85.4 cm³/mol. The van der Waals surface area contributed by atoms with E-state index in [1.165, 1.54) is 12.8 Å². The van der Waals surface area contributed by atoms with E-state index in [2.05, 4.69) is 11.9 Å². The molecule has 0 aromatic rings. The fourth-order valence-corrected chi connectivity index (χ4v) is 4.44. The molecule has 5 heteroatoms. The van der Waals surface area contributed by atoms with Crippen LogP contribution in [0, 0.1) is 0 Å². The summed E-state index contributed by atoms with van der Waals surface area (Å²) in [6, 6.07) is 0.0690. The van der Waals surface area contributed by atoms with Gasteiger partial charge in [-0.25, -0.2) is 0 Å². The normalized spacial score (nSPS) is 29.9. The van der Waals surface area contributed by atoms with Crippen LogP contribution in [0.4, 0.5) is 0 Å². The molecule has 0 N–H and O–H groups in total. The van der Waals surface area contributed by atoms with Gasteiger partial charge in [0, 0.05) is 32.1 Å². The zero-order valence-electron chi connectivity index (χ0n) is 14.0. The molecule has 22 heavy (non-hydrogen) atoms. The Balaban J connectivity index is 1.61. The molecule has 1 spiro atoms. The third kappa shape index (κ3) is 2.75. The molecule has 0 bridgehead atoms. The molecular weight excluding hydrogens is 278 g/mol. The van der Waals surface area contributed by atoms with Crippen molar-refractivity contribution in [2.24, 2.45) is 0 Å². The molecule has 0 aromatic carbocycles. The summed E-state index contributed by atoms with van der Waals surface area (Å²) in [5.41, 5.74) is 0.0310. The first-order valence-corrected chi connectivity index (χ1v) is 8.79. The first-order chi connectivity index (χ1) is 10.5. The Morgan fingerprint density at radius 2 is 1.77 bits per heavy atom. The zero-order valence-corrected chi connectivity index (χ0v) is 14.0. The van der Waals surface area contributed by atoms with Crippen LogP contribution in [0.2, 0.25) is 0 Å². The summed E-state index contributed by atoms with van der Waals surface area (Å²) < 4.78 is 0.